The maximum atomic E-state index is 2.38. The average molecular weight is 174 g/mol. The third-order valence-corrected chi connectivity index (χ3v) is 4.58. The molecule has 1 aromatic rings. The molecule has 1 saturated carbocycles. The largest absolute Gasteiger partial charge is 0.0622 e. The molecule has 0 heterocycles. The van der Waals surface area contributed by atoms with E-state index in [4.69, 9.17) is 0 Å². The monoisotopic (exact) mass is 174 g/mol. The van der Waals surface area contributed by atoms with Gasteiger partial charge in [-0.15, -0.1) is 0 Å². The zero-order chi connectivity index (χ0) is 9.69. The van der Waals surface area contributed by atoms with Crippen molar-refractivity contribution in [2.45, 2.75) is 33.1 Å². The number of rotatable bonds is 1. The van der Waals surface area contributed by atoms with Gasteiger partial charge in [-0.05, 0) is 16.9 Å². The summed E-state index contributed by atoms with van der Waals surface area (Å²) in [5.74, 6) is 0.794. The van der Waals surface area contributed by atoms with Crippen LogP contribution in [0.15, 0.2) is 30.3 Å². The highest BCUT2D eigenvalue weighted by molar-refractivity contribution is 5.37. The summed E-state index contributed by atoms with van der Waals surface area (Å²) in [7, 11) is 0. The molecule has 2 rings (SSSR count). The van der Waals surface area contributed by atoms with Crippen LogP contribution in [0.25, 0.3) is 0 Å². The van der Waals surface area contributed by atoms with E-state index in [1.807, 2.05) is 0 Å². The van der Waals surface area contributed by atoms with E-state index in [-0.39, 0.29) is 0 Å². The lowest BCUT2D eigenvalue weighted by Gasteiger charge is -2.14. The smallest absolute Gasteiger partial charge is 0.000968 e. The van der Waals surface area contributed by atoms with E-state index in [1.54, 1.807) is 0 Å². The first kappa shape index (κ1) is 8.80. The molecule has 70 valence electrons. The Bertz CT molecular complexity index is 310. The zero-order valence-electron chi connectivity index (χ0n) is 8.96. The summed E-state index contributed by atoms with van der Waals surface area (Å²) >= 11 is 0. The number of benzene rings is 1. The van der Waals surface area contributed by atoms with E-state index < -0.39 is 0 Å². The van der Waals surface area contributed by atoms with Crippen LogP contribution in [0.3, 0.4) is 0 Å². The molecule has 0 heteroatoms. The van der Waals surface area contributed by atoms with Crippen molar-refractivity contribution in [1.29, 1.82) is 0 Å². The maximum absolute atomic E-state index is 2.38. The Morgan fingerprint density at radius 2 is 1.46 bits per heavy atom. The predicted molar refractivity (Wildman–Crippen MR) is 56.7 cm³/mol. The third kappa shape index (κ3) is 0.919. The van der Waals surface area contributed by atoms with E-state index in [2.05, 4.69) is 58.0 Å². The predicted octanol–water partition coefficient (Wildman–Crippen LogP) is 3.62. The molecule has 0 saturated heterocycles. The van der Waals surface area contributed by atoms with E-state index in [0.717, 1.165) is 5.92 Å². The van der Waals surface area contributed by atoms with Crippen LogP contribution in [0.2, 0.25) is 0 Å². The van der Waals surface area contributed by atoms with E-state index in [1.165, 1.54) is 5.56 Å². The van der Waals surface area contributed by atoms with Gasteiger partial charge in [-0.2, -0.15) is 0 Å². The fourth-order valence-electron chi connectivity index (χ4n) is 2.68. The van der Waals surface area contributed by atoms with E-state index in [9.17, 15) is 0 Å². The summed E-state index contributed by atoms with van der Waals surface area (Å²) in [5, 5.41) is 0. The topological polar surface area (TPSA) is 0 Å². The van der Waals surface area contributed by atoms with Gasteiger partial charge in [0.15, 0.2) is 0 Å². The number of hydrogen-bond donors (Lipinski definition) is 0. The first-order valence-electron chi connectivity index (χ1n) is 5.07. The summed E-state index contributed by atoms with van der Waals surface area (Å²) < 4.78 is 0. The zero-order valence-corrected chi connectivity index (χ0v) is 8.96. The van der Waals surface area contributed by atoms with Crippen molar-refractivity contribution < 1.29 is 0 Å². The van der Waals surface area contributed by atoms with Crippen LogP contribution < -0.4 is 0 Å². The second-order valence-corrected chi connectivity index (χ2v) is 5.01. The van der Waals surface area contributed by atoms with Crippen molar-refractivity contribution >= 4 is 0 Å². The van der Waals surface area contributed by atoms with Crippen molar-refractivity contribution in [2.24, 2.45) is 11.3 Å². The SMILES string of the molecule is CC1C(C)(C)C1(C)c1ccccc1. The molecule has 0 spiro atoms. The molecule has 0 aromatic heterocycles. The second-order valence-electron chi connectivity index (χ2n) is 5.01. The normalized spacial score (nSPS) is 35.8. The Hall–Kier alpha value is -0.780. The Morgan fingerprint density at radius 1 is 1.00 bits per heavy atom. The lowest BCUT2D eigenvalue weighted by molar-refractivity contribution is 0.522. The average Bonchev–Trinajstić information content (AvgIpc) is 2.53. The molecule has 2 unspecified atom stereocenters. The number of hydrogen-bond acceptors (Lipinski definition) is 0. The minimum atomic E-state index is 0.397. The highest BCUT2D eigenvalue weighted by Gasteiger charge is 2.65. The van der Waals surface area contributed by atoms with Crippen LogP contribution in [0.1, 0.15) is 33.3 Å². The fraction of sp³-hybridized carbons (Fsp3) is 0.538. The summed E-state index contributed by atoms with van der Waals surface area (Å²) in [6.07, 6.45) is 0. The summed E-state index contributed by atoms with van der Waals surface area (Å²) in [5.41, 5.74) is 2.36. The first-order valence-corrected chi connectivity index (χ1v) is 5.07. The van der Waals surface area contributed by atoms with Crippen LogP contribution in [-0.4, -0.2) is 0 Å². The Labute approximate surface area is 81.0 Å². The van der Waals surface area contributed by atoms with Gasteiger partial charge in [0.2, 0.25) is 0 Å². The molecule has 0 bridgehead atoms. The standard InChI is InChI=1S/C13H18/c1-10-12(2,3)13(10,4)11-8-6-5-7-9-11/h5-10H,1-4H3. The Kier molecular flexibility index (Phi) is 1.61. The van der Waals surface area contributed by atoms with Gasteiger partial charge < -0.3 is 0 Å². The van der Waals surface area contributed by atoms with Crippen LogP contribution in [0, 0.1) is 11.3 Å². The molecule has 0 nitrogen and oxygen atoms in total. The van der Waals surface area contributed by atoms with Gasteiger partial charge in [-0.1, -0.05) is 58.0 Å². The minimum absolute atomic E-state index is 0.397. The minimum Gasteiger partial charge on any atom is -0.0622 e. The molecule has 1 aliphatic carbocycles. The highest BCUT2D eigenvalue weighted by Crippen LogP contribution is 2.68. The van der Waals surface area contributed by atoms with Gasteiger partial charge in [0.1, 0.15) is 0 Å². The second kappa shape index (κ2) is 2.37. The fourth-order valence-corrected chi connectivity index (χ4v) is 2.68. The van der Waals surface area contributed by atoms with Gasteiger partial charge in [0.25, 0.3) is 0 Å². The van der Waals surface area contributed by atoms with Gasteiger partial charge in [0, 0.05) is 5.41 Å². The molecular formula is C13H18. The van der Waals surface area contributed by atoms with Gasteiger partial charge in [-0.25, -0.2) is 0 Å². The Balaban J connectivity index is 2.40. The molecule has 0 N–H and O–H groups in total. The summed E-state index contributed by atoms with van der Waals surface area (Å²) in [6, 6.07) is 10.9. The molecule has 1 aliphatic rings. The van der Waals surface area contributed by atoms with Crippen LogP contribution in [0.4, 0.5) is 0 Å². The van der Waals surface area contributed by atoms with Crippen molar-refractivity contribution in [2.75, 3.05) is 0 Å². The van der Waals surface area contributed by atoms with Crippen molar-refractivity contribution in [3.05, 3.63) is 35.9 Å². The molecule has 2 atom stereocenters. The van der Waals surface area contributed by atoms with Crippen molar-refractivity contribution in [3.63, 3.8) is 0 Å². The molecule has 1 fully saturated rings. The van der Waals surface area contributed by atoms with Crippen LogP contribution in [-0.2, 0) is 5.41 Å². The van der Waals surface area contributed by atoms with Gasteiger partial charge in [-0.3, -0.25) is 0 Å². The van der Waals surface area contributed by atoms with Gasteiger partial charge >= 0.3 is 0 Å². The molecule has 1 aromatic carbocycles. The van der Waals surface area contributed by atoms with Crippen LogP contribution >= 0.6 is 0 Å². The molecular weight excluding hydrogens is 156 g/mol. The highest BCUT2D eigenvalue weighted by atomic mass is 14.7. The Morgan fingerprint density at radius 3 is 1.85 bits per heavy atom. The van der Waals surface area contributed by atoms with Crippen LogP contribution in [0.5, 0.6) is 0 Å². The van der Waals surface area contributed by atoms with Crippen molar-refractivity contribution in [1.82, 2.24) is 0 Å². The third-order valence-electron chi connectivity index (χ3n) is 4.58. The van der Waals surface area contributed by atoms with E-state index >= 15 is 0 Å². The molecule has 0 radical (unpaired) electrons. The first-order chi connectivity index (χ1) is 6.01. The lowest BCUT2D eigenvalue weighted by Crippen LogP contribution is -2.08. The van der Waals surface area contributed by atoms with Crippen molar-refractivity contribution in [3.8, 4) is 0 Å². The summed E-state index contributed by atoms with van der Waals surface area (Å²) in [6.45, 7) is 9.47. The molecule has 13 heavy (non-hydrogen) atoms. The van der Waals surface area contributed by atoms with E-state index in [0.29, 0.717) is 10.8 Å². The quantitative estimate of drug-likeness (QED) is 0.610. The lowest BCUT2D eigenvalue weighted by atomic mass is 9.90. The molecule has 0 aliphatic heterocycles. The van der Waals surface area contributed by atoms with Gasteiger partial charge in [0.05, 0.1) is 0 Å². The summed E-state index contributed by atoms with van der Waals surface area (Å²) in [4.78, 5) is 0. The molecule has 0 amide bonds. The maximum Gasteiger partial charge on any atom is 0.000968 e.